The fourth-order valence-corrected chi connectivity index (χ4v) is 1.85. The normalized spacial score (nSPS) is 18.1. The first kappa shape index (κ1) is 17.0. The average Bonchev–Trinajstić information content (AvgIpc) is 2.42. The van der Waals surface area contributed by atoms with Gasteiger partial charge in [0.05, 0.1) is 0 Å². The zero-order valence-corrected chi connectivity index (χ0v) is 13.9. The fourth-order valence-electron chi connectivity index (χ4n) is 1.85. The molecule has 1 aliphatic rings. The highest BCUT2D eigenvalue weighted by atomic mass is 16.5. The molecular formula is C17H30N2O. The van der Waals surface area contributed by atoms with Gasteiger partial charge in [-0.3, -0.25) is 4.99 Å². The lowest BCUT2D eigenvalue weighted by atomic mass is 10.00. The van der Waals surface area contributed by atoms with E-state index in [1.54, 1.807) is 0 Å². The second kappa shape index (κ2) is 8.25. The van der Waals surface area contributed by atoms with E-state index in [4.69, 9.17) is 4.74 Å². The van der Waals surface area contributed by atoms with E-state index >= 15 is 0 Å². The summed E-state index contributed by atoms with van der Waals surface area (Å²) in [6, 6.07) is 0.422. The first-order valence-electron chi connectivity index (χ1n) is 7.61. The van der Waals surface area contributed by atoms with Crippen molar-refractivity contribution in [1.82, 2.24) is 4.90 Å². The molecule has 0 spiro atoms. The summed E-state index contributed by atoms with van der Waals surface area (Å²) in [4.78, 5) is 6.83. The predicted octanol–water partition coefficient (Wildman–Crippen LogP) is 3.67. The Kier molecular flexibility index (Phi) is 7.00. The number of rotatable bonds is 7. The van der Waals surface area contributed by atoms with Gasteiger partial charge in [0.25, 0.3) is 0 Å². The van der Waals surface area contributed by atoms with Gasteiger partial charge in [0.2, 0.25) is 0 Å². The summed E-state index contributed by atoms with van der Waals surface area (Å²) >= 11 is 0. The minimum atomic E-state index is 0.422. The molecule has 0 saturated carbocycles. The number of ether oxygens (including phenoxy) is 1. The first-order chi connectivity index (χ1) is 9.40. The van der Waals surface area contributed by atoms with Gasteiger partial charge in [0, 0.05) is 18.3 Å². The second-order valence-electron chi connectivity index (χ2n) is 6.26. The zero-order chi connectivity index (χ0) is 15.1. The van der Waals surface area contributed by atoms with E-state index < -0.39 is 0 Å². The minimum Gasteiger partial charge on any atom is -0.492 e. The summed E-state index contributed by atoms with van der Waals surface area (Å²) in [5.41, 5.74) is 2.48. The van der Waals surface area contributed by atoms with Gasteiger partial charge in [0.15, 0.2) is 0 Å². The van der Waals surface area contributed by atoms with E-state index in [1.165, 1.54) is 5.57 Å². The van der Waals surface area contributed by atoms with Crippen LogP contribution in [0.1, 0.15) is 40.5 Å². The Balaban J connectivity index is 2.58. The number of likely N-dealkylation sites (N-methyl/N-ethyl adjacent to an activating group) is 1. The van der Waals surface area contributed by atoms with Crippen molar-refractivity contribution in [2.75, 3.05) is 27.2 Å². The third-order valence-electron chi connectivity index (χ3n) is 3.61. The molecule has 1 atom stereocenters. The molecular weight excluding hydrogens is 248 g/mol. The summed E-state index contributed by atoms with van der Waals surface area (Å²) in [6.45, 7) is 10.3. The highest BCUT2D eigenvalue weighted by Gasteiger charge is 2.11. The van der Waals surface area contributed by atoms with E-state index in [2.05, 4.69) is 63.8 Å². The summed E-state index contributed by atoms with van der Waals surface area (Å²) in [7, 11) is 4.15. The largest absolute Gasteiger partial charge is 0.492 e. The third kappa shape index (κ3) is 5.91. The monoisotopic (exact) mass is 278 g/mol. The van der Waals surface area contributed by atoms with Crippen molar-refractivity contribution in [2.45, 2.75) is 46.6 Å². The summed E-state index contributed by atoms with van der Waals surface area (Å²) in [5, 5.41) is 0. The molecule has 0 N–H and O–H groups in total. The summed E-state index contributed by atoms with van der Waals surface area (Å²) in [6.07, 6.45) is 6.46. The number of hydrogen-bond donors (Lipinski definition) is 0. The second-order valence-corrected chi connectivity index (χ2v) is 6.26. The Bertz CT molecular complexity index is 392. The van der Waals surface area contributed by atoms with Crippen molar-refractivity contribution < 1.29 is 4.74 Å². The molecule has 0 aliphatic heterocycles. The van der Waals surface area contributed by atoms with Crippen LogP contribution in [0.4, 0.5) is 0 Å². The summed E-state index contributed by atoms with van der Waals surface area (Å²) in [5.74, 6) is 1.61. The van der Waals surface area contributed by atoms with E-state index in [1.807, 2.05) is 0 Å². The Hall–Kier alpha value is -1.09. The van der Waals surface area contributed by atoms with Crippen molar-refractivity contribution in [3.8, 4) is 0 Å². The van der Waals surface area contributed by atoms with Crippen molar-refractivity contribution in [2.24, 2.45) is 10.9 Å². The number of aliphatic imine (C=N–C) groups is 1. The molecule has 0 aromatic rings. The lowest BCUT2D eigenvalue weighted by molar-refractivity contribution is 0.145. The highest BCUT2D eigenvalue weighted by Crippen LogP contribution is 2.20. The lowest BCUT2D eigenvalue weighted by Gasteiger charge is -2.22. The van der Waals surface area contributed by atoms with Crippen molar-refractivity contribution in [3.63, 3.8) is 0 Å². The molecule has 3 nitrogen and oxygen atoms in total. The molecule has 1 rings (SSSR count). The van der Waals surface area contributed by atoms with Crippen LogP contribution in [0.2, 0.25) is 0 Å². The number of hydrogen-bond acceptors (Lipinski definition) is 3. The molecule has 3 heteroatoms. The SMILES string of the molecule is CC(=NCC(C)C)C1=CC(OCC(C)N(C)C)=CCC1. The van der Waals surface area contributed by atoms with Crippen molar-refractivity contribution in [1.29, 1.82) is 0 Å². The standard InChI is InChI=1S/C17H30N2O/c1-13(2)11-18-15(4)16-8-7-9-17(10-16)20-12-14(3)19(5)6/h9-10,13-14H,7-8,11-12H2,1-6H3. The molecule has 0 heterocycles. The van der Waals surface area contributed by atoms with E-state index in [-0.39, 0.29) is 0 Å². The van der Waals surface area contributed by atoms with Crippen LogP contribution in [0.3, 0.4) is 0 Å². The van der Waals surface area contributed by atoms with Gasteiger partial charge in [-0.15, -0.1) is 0 Å². The van der Waals surface area contributed by atoms with Crippen LogP contribution in [0.15, 0.2) is 28.5 Å². The summed E-state index contributed by atoms with van der Waals surface area (Å²) < 4.78 is 5.90. The maximum Gasteiger partial charge on any atom is 0.115 e. The smallest absolute Gasteiger partial charge is 0.115 e. The predicted molar refractivity (Wildman–Crippen MR) is 87.3 cm³/mol. The van der Waals surface area contributed by atoms with Crippen LogP contribution >= 0.6 is 0 Å². The number of allylic oxidation sites excluding steroid dienone is 3. The molecule has 0 fully saturated rings. The lowest BCUT2D eigenvalue weighted by Crippen LogP contribution is -2.29. The van der Waals surface area contributed by atoms with Gasteiger partial charge < -0.3 is 9.64 Å². The number of nitrogens with zero attached hydrogens (tertiary/aromatic N) is 2. The van der Waals surface area contributed by atoms with Crippen LogP contribution in [0.5, 0.6) is 0 Å². The quantitative estimate of drug-likeness (QED) is 0.664. The first-order valence-corrected chi connectivity index (χ1v) is 7.61. The minimum absolute atomic E-state index is 0.422. The van der Waals surface area contributed by atoms with Gasteiger partial charge in [0.1, 0.15) is 12.4 Å². The van der Waals surface area contributed by atoms with Gasteiger partial charge in [-0.25, -0.2) is 0 Å². The van der Waals surface area contributed by atoms with E-state index in [0.29, 0.717) is 12.0 Å². The Morgan fingerprint density at radius 2 is 2.05 bits per heavy atom. The molecule has 1 aliphatic carbocycles. The van der Waals surface area contributed by atoms with E-state index in [0.717, 1.165) is 37.5 Å². The molecule has 0 bridgehead atoms. The Morgan fingerprint density at radius 1 is 1.35 bits per heavy atom. The van der Waals surface area contributed by atoms with Crippen molar-refractivity contribution in [3.05, 3.63) is 23.5 Å². The van der Waals surface area contributed by atoms with Gasteiger partial charge in [-0.1, -0.05) is 13.8 Å². The molecule has 0 saturated heterocycles. The van der Waals surface area contributed by atoms with Crippen molar-refractivity contribution >= 4 is 5.71 Å². The molecule has 114 valence electrons. The Labute approximate surface area is 124 Å². The topological polar surface area (TPSA) is 24.8 Å². The van der Waals surface area contributed by atoms with Gasteiger partial charge >= 0.3 is 0 Å². The molecule has 0 amide bonds. The van der Waals surface area contributed by atoms with Crippen LogP contribution in [-0.2, 0) is 4.74 Å². The highest BCUT2D eigenvalue weighted by molar-refractivity contribution is 5.98. The fraction of sp³-hybridized carbons (Fsp3) is 0.706. The molecule has 0 aromatic heterocycles. The Morgan fingerprint density at radius 3 is 2.65 bits per heavy atom. The maximum absolute atomic E-state index is 5.90. The maximum atomic E-state index is 5.90. The van der Waals surface area contributed by atoms with Crippen LogP contribution in [-0.4, -0.2) is 43.9 Å². The van der Waals surface area contributed by atoms with E-state index in [9.17, 15) is 0 Å². The molecule has 1 unspecified atom stereocenters. The van der Waals surface area contributed by atoms with Crippen LogP contribution < -0.4 is 0 Å². The van der Waals surface area contributed by atoms with Gasteiger partial charge in [-0.2, -0.15) is 0 Å². The molecule has 0 aromatic carbocycles. The third-order valence-corrected chi connectivity index (χ3v) is 3.61. The average molecular weight is 278 g/mol. The van der Waals surface area contributed by atoms with Crippen LogP contribution in [0, 0.1) is 5.92 Å². The zero-order valence-electron chi connectivity index (χ0n) is 13.9. The molecule has 20 heavy (non-hydrogen) atoms. The van der Waals surface area contributed by atoms with Crippen LogP contribution in [0.25, 0.3) is 0 Å². The van der Waals surface area contributed by atoms with Gasteiger partial charge in [-0.05, 0) is 64.4 Å². The molecule has 0 radical (unpaired) electrons.